The van der Waals surface area contributed by atoms with E-state index in [9.17, 15) is 4.79 Å². The molecule has 0 spiro atoms. The number of nitrogens with two attached hydrogens (primary N) is 1. The number of hydrogen-bond acceptors (Lipinski definition) is 4. The molecule has 20 heavy (non-hydrogen) atoms. The third-order valence-corrected chi connectivity index (χ3v) is 3.61. The summed E-state index contributed by atoms with van der Waals surface area (Å²) in [6.45, 7) is 9.06. The monoisotopic (exact) mass is 285 g/mol. The van der Waals surface area contributed by atoms with Crippen LogP contribution in [-0.4, -0.2) is 36.9 Å². The quantitative estimate of drug-likeness (QED) is 0.697. The molecule has 3 atom stereocenters. The molecule has 0 aromatic heterocycles. The van der Waals surface area contributed by atoms with E-state index in [0.717, 1.165) is 12.3 Å². The molecule has 1 fully saturated rings. The Bertz CT molecular complexity index is 302. The molecule has 1 aliphatic carbocycles. The van der Waals surface area contributed by atoms with Crippen molar-refractivity contribution in [1.29, 1.82) is 0 Å². The van der Waals surface area contributed by atoms with Crippen LogP contribution in [0.25, 0.3) is 0 Å². The summed E-state index contributed by atoms with van der Waals surface area (Å²) in [4.78, 5) is 11.5. The SMILES string of the molecule is CC1CCC(NC(CN)CCNC(=O)OC(C)(C)C)C1. The fourth-order valence-corrected chi connectivity index (χ4v) is 2.62. The topological polar surface area (TPSA) is 76.4 Å². The lowest BCUT2D eigenvalue weighted by Gasteiger charge is -2.23. The zero-order valence-corrected chi connectivity index (χ0v) is 13.4. The van der Waals surface area contributed by atoms with E-state index in [-0.39, 0.29) is 12.1 Å². The number of hydrogen-bond donors (Lipinski definition) is 3. The number of amides is 1. The number of ether oxygens (including phenoxy) is 1. The van der Waals surface area contributed by atoms with Gasteiger partial charge in [-0.2, -0.15) is 0 Å². The zero-order valence-electron chi connectivity index (χ0n) is 13.4. The summed E-state index contributed by atoms with van der Waals surface area (Å²) < 4.78 is 5.20. The van der Waals surface area contributed by atoms with Gasteiger partial charge in [-0.25, -0.2) is 4.79 Å². The van der Waals surface area contributed by atoms with Gasteiger partial charge in [-0.15, -0.1) is 0 Å². The van der Waals surface area contributed by atoms with Crippen LogP contribution in [0.5, 0.6) is 0 Å². The van der Waals surface area contributed by atoms with Crippen molar-refractivity contribution in [3.63, 3.8) is 0 Å². The van der Waals surface area contributed by atoms with E-state index in [0.29, 0.717) is 19.1 Å². The molecular formula is C15H31N3O2. The molecule has 118 valence electrons. The summed E-state index contributed by atoms with van der Waals surface area (Å²) in [6.07, 6.45) is 4.24. The Kier molecular flexibility index (Phi) is 6.76. The van der Waals surface area contributed by atoms with Crippen LogP contribution in [0.1, 0.15) is 53.4 Å². The maximum absolute atomic E-state index is 11.5. The first-order valence-electron chi connectivity index (χ1n) is 7.73. The Morgan fingerprint density at radius 3 is 2.60 bits per heavy atom. The Morgan fingerprint density at radius 1 is 1.40 bits per heavy atom. The number of carbonyl (C=O) groups excluding carboxylic acids is 1. The fourth-order valence-electron chi connectivity index (χ4n) is 2.62. The minimum Gasteiger partial charge on any atom is -0.444 e. The average molecular weight is 285 g/mol. The van der Waals surface area contributed by atoms with Crippen LogP contribution in [0.3, 0.4) is 0 Å². The summed E-state index contributed by atoms with van der Waals surface area (Å²) in [5.74, 6) is 0.811. The minimum absolute atomic E-state index is 0.264. The van der Waals surface area contributed by atoms with Gasteiger partial charge in [-0.1, -0.05) is 6.92 Å². The molecule has 1 aliphatic rings. The molecular weight excluding hydrogens is 254 g/mol. The van der Waals surface area contributed by atoms with Gasteiger partial charge >= 0.3 is 6.09 Å². The van der Waals surface area contributed by atoms with Gasteiger partial charge < -0.3 is 21.1 Å². The summed E-state index contributed by atoms with van der Waals surface area (Å²) in [6, 6.07) is 0.848. The molecule has 5 heteroatoms. The first-order valence-corrected chi connectivity index (χ1v) is 7.73. The second kappa shape index (κ2) is 7.84. The molecule has 0 aliphatic heterocycles. The first-order chi connectivity index (χ1) is 9.30. The van der Waals surface area contributed by atoms with Gasteiger partial charge in [0.15, 0.2) is 0 Å². The molecule has 1 amide bonds. The normalized spacial score (nSPS) is 24.4. The lowest BCUT2D eigenvalue weighted by molar-refractivity contribution is 0.0526. The van der Waals surface area contributed by atoms with Crippen LogP contribution in [0, 0.1) is 5.92 Å². The molecule has 1 saturated carbocycles. The highest BCUT2D eigenvalue weighted by Crippen LogP contribution is 2.24. The van der Waals surface area contributed by atoms with Gasteiger partial charge in [0.05, 0.1) is 0 Å². The highest BCUT2D eigenvalue weighted by Gasteiger charge is 2.23. The second-order valence-electron chi connectivity index (χ2n) is 6.93. The molecule has 3 unspecified atom stereocenters. The number of alkyl carbamates (subject to hydrolysis) is 1. The van der Waals surface area contributed by atoms with E-state index in [1.54, 1.807) is 0 Å². The second-order valence-corrected chi connectivity index (χ2v) is 6.93. The maximum atomic E-state index is 11.5. The van der Waals surface area contributed by atoms with Crippen molar-refractivity contribution in [1.82, 2.24) is 10.6 Å². The number of nitrogens with one attached hydrogen (secondary N) is 2. The van der Waals surface area contributed by atoms with Crippen molar-refractivity contribution in [2.75, 3.05) is 13.1 Å². The van der Waals surface area contributed by atoms with Crippen molar-refractivity contribution < 1.29 is 9.53 Å². The Labute approximate surface area is 123 Å². The molecule has 5 nitrogen and oxygen atoms in total. The van der Waals surface area contributed by atoms with E-state index < -0.39 is 5.60 Å². The first kappa shape index (κ1) is 17.2. The molecule has 0 heterocycles. The summed E-state index contributed by atoms with van der Waals surface area (Å²) >= 11 is 0. The Morgan fingerprint density at radius 2 is 2.10 bits per heavy atom. The van der Waals surface area contributed by atoms with Crippen molar-refractivity contribution in [2.45, 2.75) is 71.1 Å². The molecule has 0 aromatic carbocycles. The van der Waals surface area contributed by atoms with Crippen LogP contribution in [0.2, 0.25) is 0 Å². The van der Waals surface area contributed by atoms with E-state index >= 15 is 0 Å². The number of carbonyl (C=O) groups is 1. The van der Waals surface area contributed by atoms with Crippen molar-refractivity contribution in [3.8, 4) is 0 Å². The van der Waals surface area contributed by atoms with E-state index in [1.807, 2.05) is 20.8 Å². The van der Waals surface area contributed by atoms with Gasteiger partial charge in [0.25, 0.3) is 0 Å². The van der Waals surface area contributed by atoms with E-state index in [4.69, 9.17) is 10.5 Å². The molecule has 4 N–H and O–H groups in total. The van der Waals surface area contributed by atoms with Crippen molar-refractivity contribution in [3.05, 3.63) is 0 Å². The van der Waals surface area contributed by atoms with Crippen LogP contribution < -0.4 is 16.4 Å². The molecule has 0 saturated heterocycles. The molecule has 0 bridgehead atoms. The smallest absolute Gasteiger partial charge is 0.407 e. The zero-order chi connectivity index (χ0) is 15.2. The summed E-state index contributed by atoms with van der Waals surface area (Å²) in [5.41, 5.74) is 5.35. The maximum Gasteiger partial charge on any atom is 0.407 e. The predicted molar refractivity (Wildman–Crippen MR) is 81.6 cm³/mol. The minimum atomic E-state index is -0.449. The van der Waals surface area contributed by atoms with Crippen LogP contribution in [0.15, 0.2) is 0 Å². The number of rotatable bonds is 6. The highest BCUT2D eigenvalue weighted by atomic mass is 16.6. The largest absolute Gasteiger partial charge is 0.444 e. The summed E-state index contributed by atoms with van der Waals surface area (Å²) in [7, 11) is 0. The third-order valence-electron chi connectivity index (χ3n) is 3.61. The summed E-state index contributed by atoms with van der Waals surface area (Å²) in [5, 5.41) is 6.38. The van der Waals surface area contributed by atoms with Crippen LogP contribution >= 0.6 is 0 Å². The standard InChI is InChI=1S/C15H31N3O2/c1-11-5-6-12(9-11)18-13(10-16)7-8-17-14(19)20-15(2,3)4/h11-13,18H,5-10,16H2,1-4H3,(H,17,19). The lowest BCUT2D eigenvalue weighted by Crippen LogP contribution is -2.44. The predicted octanol–water partition coefficient (Wildman–Crippen LogP) is 2.01. The van der Waals surface area contributed by atoms with Crippen LogP contribution in [-0.2, 0) is 4.74 Å². The van der Waals surface area contributed by atoms with Gasteiger partial charge in [0.1, 0.15) is 5.60 Å². The molecule has 1 rings (SSSR count). The Hall–Kier alpha value is -0.810. The highest BCUT2D eigenvalue weighted by molar-refractivity contribution is 5.67. The van der Waals surface area contributed by atoms with E-state index in [2.05, 4.69) is 17.6 Å². The van der Waals surface area contributed by atoms with Crippen molar-refractivity contribution in [2.24, 2.45) is 11.7 Å². The fraction of sp³-hybridized carbons (Fsp3) is 0.933. The average Bonchev–Trinajstić information content (AvgIpc) is 2.71. The molecule has 0 aromatic rings. The third kappa shape index (κ3) is 7.10. The van der Waals surface area contributed by atoms with Gasteiger partial charge in [0, 0.05) is 25.2 Å². The lowest BCUT2D eigenvalue weighted by atomic mass is 10.1. The van der Waals surface area contributed by atoms with Gasteiger partial charge in [-0.05, 0) is 52.4 Å². The van der Waals surface area contributed by atoms with Gasteiger partial charge in [-0.3, -0.25) is 0 Å². The van der Waals surface area contributed by atoms with E-state index in [1.165, 1.54) is 19.3 Å². The van der Waals surface area contributed by atoms with Gasteiger partial charge in [0.2, 0.25) is 0 Å². The van der Waals surface area contributed by atoms with Crippen molar-refractivity contribution >= 4 is 6.09 Å². The molecule has 0 radical (unpaired) electrons. The Balaban J connectivity index is 2.19. The van der Waals surface area contributed by atoms with Crippen LogP contribution in [0.4, 0.5) is 4.79 Å².